The van der Waals surface area contributed by atoms with Crippen molar-refractivity contribution in [1.29, 1.82) is 0 Å². The molecule has 0 aromatic heterocycles. The molecule has 7 nitrogen and oxygen atoms in total. The van der Waals surface area contributed by atoms with E-state index in [0.29, 0.717) is 24.6 Å². The minimum atomic E-state index is -3.74. The molecule has 0 bridgehead atoms. The number of sulfonamides is 1. The topological polar surface area (TPSA) is 86.8 Å². The summed E-state index contributed by atoms with van der Waals surface area (Å²) in [5.74, 6) is -0.362. The molecule has 0 aliphatic heterocycles. The second kappa shape index (κ2) is 12.7. The Bertz CT molecular complexity index is 1080. The molecule has 0 unspecified atom stereocenters. The maximum Gasteiger partial charge on any atom is 0.244 e. The van der Waals surface area contributed by atoms with Gasteiger partial charge in [0.2, 0.25) is 21.8 Å². The molecule has 1 N–H and O–H groups in total. The fraction of sp³-hybridized carbons (Fsp3) is 0.481. The number of benzene rings is 2. The molecule has 0 saturated heterocycles. The number of hydrogen-bond acceptors (Lipinski definition) is 4. The van der Waals surface area contributed by atoms with E-state index in [9.17, 15) is 18.0 Å². The first kappa shape index (κ1) is 28.4. The molecule has 0 aliphatic carbocycles. The van der Waals surface area contributed by atoms with Crippen LogP contribution in [0.25, 0.3) is 0 Å². The SMILES string of the molecule is CCCNC(=O)[C@H](CC)N(Cc1ccc(C)cc1)C(=O)CN(c1ccc(C(C)C)cc1)S(C)(=O)=O. The lowest BCUT2D eigenvalue weighted by atomic mass is 10.0. The molecule has 0 radical (unpaired) electrons. The highest BCUT2D eigenvalue weighted by Gasteiger charge is 2.31. The molecule has 192 valence electrons. The molecule has 0 heterocycles. The summed E-state index contributed by atoms with van der Waals surface area (Å²) >= 11 is 0. The number of carbonyl (C=O) groups is 2. The van der Waals surface area contributed by atoms with E-state index < -0.39 is 22.0 Å². The van der Waals surface area contributed by atoms with Gasteiger partial charge in [0.1, 0.15) is 12.6 Å². The van der Waals surface area contributed by atoms with Gasteiger partial charge in [0.15, 0.2) is 0 Å². The van der Waals surface area contributed by atoms with Crippen molar-refractivity contribution in [3.8, 4) is 0 Å². The third-order valence-electron chi connectivity index (χ3n) is 5.94. The highest BCUT2D eigenvalue weighted by Crippen LogP contribution is 2.23. The number of carbonyl (C=O) groups excluding carboxylic acids is 2. The molecule has 0 fully saturated rings. The van der Waals surface area contributed by atoms with E-state index in [1.54, 1.807) is 12.1 Å². The van der Waals surface area contributed by atoms with Gasteiger partial charge in [-0.2, -0.15) is 0 Å². The van der Waals surface area contributed by atoms with Crippen molar-refractivity contribution < 1.29 is 18.0 Å². The lowest BCUT2D eigenvalue weighted by Crippen LogP contribution is -2.52. The summed E-state index contributed by atoms with van der Waals surface area (Å²) in [7, 11) is -3.74. The highest BCUT2D eigenvalue weighted by atomic mass is 32.2. The van der Waals surface area contributed by atoms with Crippen LogP contribution < -0.4 is 9.62 Å². The number of amides is 2. The molecule has 0 spiro atoms. The smallest absolute Gasteiger partial charge is 0.244 e. The monoisotopic (exact) mass is 501 g/mol. The average molecular weight is 502 g/mol. The van der Waals surface area contributed by atoms with E-state index in [2.05, 4.69) is 19.2 Å². The molecule has 0 saturated carbocycles. The maximum absolute atomic E-state index is 13.6. The van der Waals surface area contributed by atoms with Crippen LogP contribution >= 0.6 is 0 Å². The summed E-state index contributed by atoms with van der Waals surface area (Å²) in [6, 6.07) is 14.2. The Morgan fingerprint density at radius 1 is 0.971 bits per heavy atom. The molecule has 2 aromatic carbocycles. The van der Waals surface area contributed by atoms with Gasteiger partial charge in [-0.3, -0.25) is 13.9 Å². The van der Waals surface area contributed by atoms with Crippen molar-refractivity contribution in [1.82, 2.24) is 10.2 Å². The summed E-state index contributed by atoms with van der Waals surface area (Å²) in [5.41, 5.74) is 3.46. The Kier molecular flexibility index (Phi) is 10.3. The van der Waals surface area contributed by atoms with Gasteiger partial charge in [0.05, 0.1) is 11.9 Å². The molecule has 8 heteroatoms. The van der Waals surface area contributed by atoms with Crippen LogP contribution in [-0.2, 0) is 26.2 Å². The zero-order valence-electron chi connectivity index (χ0n) is 21.7. The maximum atomic E-state index is 13.6. The lowest BCUT2D eigenvalue weighted by molar-refractivity contribution is -0.140. The van der Waals surface area contributed by atoms with E-state index in [1.165, 1.54) is 4.90 Å². The van der Waals surface area contributed by atoms with Gasteiger partial charge in [-0.15, -0.1) is 0 Å². The van der Waals surface area contributed by atoms with E-state index in [0.717, 1.165) is 33.7 Å². The van der Waals surface area contributed by atoms with Gasteiger partial charge >= 0.3 is 0 Å². The van der Waals surface area contributed by atoms with Crippen molar-refractivity contribution in [2.75, 3.05) is 23.7 Å². The van der Waals surface area contributed by atoms with Gasteiger partial charge in [-0.1, -0.05) is 69.7 Å². The predicted molar refractivity (Wildman–Crippen MR) is 142 cm³/mol. The Morgan fingerprint density at radius 3 is 2.06 bits per heavy atom. The zero-order valence-corrected chi connectivity index (χ0v) is 22.6. The summed E-state index contributed by atoms with van der Waals surface area (Å²) in [5, 5.41) is 2.88. The molecule has 0 aliphatic rings. The first-order chi connectivity index (χ1) is 16.5. The molecule has 35 heavy (non-hydrogen) atoms. The summed E-state index contributed by atoms with van der Waals surface area (Å²) in [6.07, 6.45) is 2.28. The Hall–Kier alpha value is -2.87. The van der Waals surface area contributed by atoms with Gasteiger partial charge in [-0.05, 0) is 48.9 Å². The largest absolute Gasteiger partial charge is 0.354 e. The molecule has 2 rings (SSSR count). The van der Waals surface area contributed by atoms with Crippen molar-refractivity contribution in [3.05, 3.63) is 65.2 Å². The Labute approximate surface area is 210 Å². The van der Waals surface area contributed by atoms with Gasteiger partial charge in [-0.25, -0.2) is 8.42 Å². The number of anilines is 1. The zero-order chi connectivity index (χ0) is 26.2. The number of nitrogens with zero attached hydrogens (tertiary/aromatic N) is 2. The normalized spacial score (nSPS) is 12.3. The first-order valence-corrected chi connectivity index (χ1v) is 14.0. The lowest BCUT2D eigenvalue weighted by Gasteiger charge is -2.33. The van der Waals surface area contributed by atoms with Crippen molar-refractivity contribution in [2.45, 2.75) is 66.0 Å². The van der Waals surface area contributed by atoms with Crippen LogP contribution in [0.2, 0.25) is 0 Å². The molecule has 2 aromatic rings. The minimum Gasteiger partial charge on any atom is -0.354 e. The first-order valence-electron chi connectivity index (χ1n) is 12.2. The summed E-state index contributed by atoms with van der Waals surface area (Å²) < 4.78 is 26.5. The molecule has 1 atom stereocenters. The highest BCUT2D eigenvalue weighted by molar-refractivity contribution is 7.92. The van der Waals surface area contributed by atoms with Gasteiger partial charge in [0, 0.05) is 13.1 Å². The van der Waals surface area contributed by atoms with Crippen LogP contribution in [0.3, 0.4) is 0 Å². The second-order valence-electron chi connectivity index (χ2n) is 9.24. The van der Waals surface area contributed by atoms with E-state index in [-0.39, 0.29) is 19.0 Å². The van der Waals surface area contributed by atoms with E-state index >= 15 is 0 Å². The standard InChI is InChI=1S/C27H39N3O4S/c1-7-17-28-27(32)25(8-2)29(18-22-11-9-21(5)10-12-22)26(31)19-30(35(6,33)34)24-15-13-23(14-16-24)20(3)4/h9-16,20,25H,7-8,17-19H2,1-6H3,(H,28,32)/t25-/m0/s1. The fourth-order valence-electron chi connectivity index (χ4n) is 3.81. The summed E-state index contributed by atoms with van der Waals surface area (Å²) in [6.45, 7) is 10.3. The van der Waals surface area contributed by atoms with E-state index in [1.807, 2.05) is 57.2 Å². The quantitative estimate of drug-likeness (QED) is 0.472. The van der Waals surface area contributed by atoms with Gasteiger partial charge in [0.25, 0.3) is 0 Å². The third kappa shape index (κ3) is 8.09. The summed E-state index contributed by atoms with van der Waals surface area (Å²) in [4.78, 5) is 28.1. The number of nitrogens with one attached hydrogen (secondary N) is 1. The van der Waals surface area contributed by atoms with Crippen molar-refractivity contribution in [2.24, 2.45) is 0 Å². The fourth-order valence-corrected chi connectivity index (χ4v) is 4.66. The van der Waals surface area contributed by atoms with Crippen molar-refractivity contribution >= 4 is 27.5 Å². The third-order valence-corrected chi connectivity index (χ3v) is 7.08. The molecule has 2 amide bonds. The molecular weight excluding hydrogens is 462 g/mol. The number of rotatable bonds is 12. The van der Waals surface area contributed by atoms with E-state index in [4.69, 9.17) is 0 Å². The number of aryl methyl sites for hydroxylation is 1. The molecular formula is C27H39N3O4S. The Balaban J connectivity index is 2.40. The van der Waals surface area contributed by atoms with Crippen molar-refractivity contribution in [3.63, 3.8) is 0 Å². The predicted octanol–water partition coefficient (Wildman–Crippen LogP) is 4.22. The Morgan fingerprint density at radius 2 is 1.57 bits per heavy atom. The van der Waals surface area contributed by atoms with Crippen LogP contribution in [0, 0.1) is 6.92 Å². The minimum absolute atomic E-state index is 0.209. The average Bonchev–Trinajstić information content (AvgIpc) is 2.81. The van der Waals surface area contributed by atoms with Crippen LogP contribution in [0.1, 0.15) is 63.1 Å². The van der Waals surface area contributed by atoms with Crippen LogP contribution in [-0.4, -0.2) is 50.5 Å². The van der Waals surface area contributed by atoms with Crippen LogP contribution in [0.5, 0.6) is 0 Å². The second-order valence-corrected chi connectivity index (χ2v) is 11.1. The van der Waals surface area contributed by atoms with Crippen LogP contribution in [0.4, 0.5) is 5.69 Å². The van der Waals surface area contributed by atoms with Gasteiger partial charge < -0.3 is 10.2 Å². The number of hydrogen-bond donors (Lipinski definition) is 1. The van der Waals surface area contributed by atoms with Crippen LogP contribution in [0.15, 0.2) is 48.5 Å².